The van der Waals surface area contributed by atoms with Crippen molar-refractivity contribution in [3.8, 4) is 17.0 Å². The molecule has 0 radical (unpaired) electrons. The number of hydrogen-bond acceptors (Lipinski definition) is 4. The second-order valence-corrected chi connectivity index (χ2v) is 4.69. The van der Waals surface area contributed by atoms with Gasteiger partial charge < -0.3 is 10.5 Å². The van der Waals surface area contributed by atoms with Gasteiger partial charge in [-0.3, -0.25) is 0 Å². The minimum atomic E-state index is 0.595. The minimum absolute atomic E-state index is 0.595. The Labute approximate surface area is 105 Å². The average Bonchev–Trinajstić information content (AvgIpc) is 2.77. The van der Waals surface area contributed by atoms with Gasteiger partial charge in [-0.15, -0.1) is 11.3 Å². The molecule has 0 fully saturated rings. The van der Waals surface area contributed by atoms with Crippen molar-refractivity contribution in [1.29, 1.82) is 0 Å². The maximum Gasteiger partial charge on any atom is 0.180 e. The molecule has 0 aliphatic rings. The van der Waals surface area contributed by atoms with Gasteiger partial charge in [0.2, 0.25) is 0 Å². The molecular weight excluding hydrogens is 232 g/mol. The summed E-state index contributed by atoms with van der Waals surface area (Å²) in [5.41, 5.74) is 7.59. The van der Waals surface area contributed by atoms with Gasteiger partial charge in [0, 0.05) is 10.9 Å². The van der Waals surface area contributed by atoms with Crippen molar-refractivity contribution >= 4 is 16.5 Å². The van der Waals surface area contributed by atoms with Crippen LogP contribution in [0.4, 0.5) is 5.13 Å². The van der Waals surface area contributed by atoms with Gasteiger partial charge >= 0.3 is 0 Å². The summed E-state index contributed by atoms with van der Waals surface area (Å²) in [5, 5.41) is 2.55. The number of nitrogens with two attached hydrogens (primary N) is 1. The smallest absolute Gasteiger partial charge is 0.180 e. The normalized spacial score (nSPS) is 10.4. The van der Waals surface area contributed by atoms with E-state index in [1.165, 1.54) is 11.3 Å². The maximum atomic E-state index is 5.66. The van der Waals surface area contributed by atoms with Crippen LogP contribution in [0.2, 0.25) is 0 Å². The molecule has 2 rings (SSSR count). The van der Waals surface area contributed by atoms with Crippen molar-refractivity contribution in [2.24, 2.45) is 0 Å². The Morgan fingerprint density at radius 3 is 3.00 bits per heavy atom. The number of rotatable bonds is 5. The van der Waals surface area contributed by atoms with Crippen molar-refractivity contribution in [1.82, 2.24) is 4.98 Å². The van der Waals surface area contributed by atoms with Gasteiger partial charge in [0.05, 0.1) is 12.3 Å². The number of nitrogen functional groups attached to an aromatic ring is 1. The highest BCUT2D eigenvalue weighted by atomic mass is 32.1. The summed E-state index contributed by atoms with van der Waals surface area (Å²) in [6.45, 7) is 2.91. The van der Waals surface area contributed by atoms with Crippen LogP contribution in [0.5, 0.6) is 5.75 Å². The lowest BCUT2D eigenvalue weighted by Gasteiger charge is -2.06. The number of ether oxygens (including phenoxy) is 1. The third-order valence-corrected chi connectivity index (χ3v) is 3.09. The second-order valence-electron chi connectivity index (χ2n) is 3.80. The largest absolute Gasteiger partial charge is 0.494 e. The summed E-state index contributed by atoms with van der Waals surface area (Å²) >= 11 is 1.45. The lowest BCUT2D eigenvalue weighted by molar-refractivity contribution is 0.309. The van der Waals surface area contributed by atoms with Gasteiger partial charge in [-0.25, -0.2) is 4.98 Å². The molecule has 0 atom stereocenters. The van der Waals surface area contributed by atoms with Crippen LogP contribution in [0.15, 0.2) is 29.6 Å². The van der Waals surface area contributed by atoms with Crippen LogP contribution < -0.4 is 10.5 Å². The Hall–Kier alpha value is -1.55. The molecule has 0 bridgehead atoms. The number of nitrogens with zero attached hydrogens (tertiary/aromatic N) is 1. The first-order valence-corrected chi connectivity index (χ1v) is 6.62. The van der Waals surface area contributed by atoms with Crippen molar-refractivity contribution in [3.63, 3.8) is 0 Å². The topological polar surface area (TPSA) is 48.1 Å². The zero-order valence-corrected chi connectivity index (χ0v) is 10.7. The van der Waals surface area contributed by atoms with E-state index in [-0.39, 0.29) is 0 Å². The van der Waals surface area contributed by atoms with E-state index >= 15 is 0 Å². The third-order valence-electron chi connectivity index (χ3n) is 2.42. The van der Waals surface area contributed by atoms with Gasteiger partial charge in [0.15, 0.2) is 5.13 Å². The molecule has 0 spiro atoms. The SMILES string of the molecule is CCCCOc1cccc(-c2csc(N)n2)c1. The molecule has 0 aliphatic heterocycles. The highest BCUT2D eigenvalue weighted by Gasteiger charge is 2.03. The Balaban J connectivity index is 2.11. The van der Waals surface area contributed by atoms with Crippen LogP contribution in [0.3, 0.4) is 0 Å². The molecule has 0 aliphatic carbocycles. The van der Waals surface area contributed by atoms with Crippen molar-refractivity contribution in [2.75, 3.05) is 12.3 Å². The van der Waals surface area contributed by atoms with Crippen LogP contribution in [0.25, 0.3) is 11.3 Å². The minimum Gasteiger partial charge on any atom is -0.494 e. The fraction of sp³-hybridized carbons (Fsp3) is 0.308. The summed E-state index contributed by atoms with van der Waals surface area (Å²) in [5.74, 6) is 0.891. The van der Waals surface area contributed by atoms with Gasteiger partial charge in [-0.05, 0) is 18.6 Å². The summed E-state index contributed by atoms with van der Waals surface area (Å²) < 4.78 is 5.66. The number of thiazole rings is 1. The summed E-state index contributed by atoms with van der Waals surface area (Å²) in [6, 6.07) is 7.96. The number of aromatic nitrogens is 1. The molecular formula is C13H16N2OS. The molecule has 2 N–H and O–H groups in total. The van der Waals surface area contributed by atoms with E-state index in [0.717, 1.165) is 36.5 Å². The van der Waals surface area contributed by atoms with Gasteiger partial charge in [0.1, 0.15) is 5.75 Å². The quantitative estimate of drug-likeness (QED) is 0.823. The molecule has 17 heavy (non-hydrogen) atoms. The Kier molecular flexibility index (Phi) is 3.98. The van der Waals surface area contributed by atoms with E-state index in [2.05, 4.69) is 11.9 Å². The molecule has 0 unspecified atom stereocenters. The fourth-order valence-electron chi connectivity index (χ4n) is 1.50. The van der Waals surface area contributed by atoms with E-state index in [4.69, 9.17) is 10.5 Å². The summed E-state index contributed by atoms with van der Waals surface area (Å²) in [7, 11) is 0. The van der Waals surface area contributed by atoms with E-state index in [1.54, 1.807) is 0 Å². The first kappa shape index (κ1) is 11.9. The standard InChI is InChI=1S/C13H16N2OS/c1-2-3-7-16-11-6-4-5-10(8-11)12-9-17-13(14)15-12/h4-6,8-9H,2-3,7H2,1H3,(H2,14,15). The van der Waals surface area contributed by atoms with Crippen molar-refractivity contribution in [3.05, 3.63) is 29.6 Å². The van der Waals surface area contributed by atoms with E-state index in [9.17, 15) is 0 Å². The first-order valence-electron chi connectivity index (χ1n) is 5.74. The fourth-order valence-corrected chi connectivity index (χ4v) is 2.07. The van der Waals surface area contributed by atoms with Crippen LogP contribution in [-0.2, 0) is 0 Å². The lowest BCUT2D eigenvalue weighted by atomic mass is 10.2. The number of benzene rings is 1. The zero-order chi connectivity index (χ0) is 12.1. The van der Waals surface area contributed by atoms with Crippen LogP contribution in [0, 0.1) is 0 Å². The molecule has 0 saturated carbocycles. The average molecular weight is 248 g/mol. The van der Waals surface area contributed by atoms with E-state index < -0.39 is 0 Å². The van der Waals surface area contributed by atoms with Crippen LogP contribution in [0.1, 0.15) is 19.8 Å². The van der Waals surface area contributed by atoms with E-state index in [0.29, 0.717) is 5.13 Å². The van der Waals surface area contributed by atoms with Crippen molar-refractivity contribution < 1.29 is 4.74 Å². The van der Waals surface area contributed by atoms with Gasteiger partial charge in [0.25, 0.3) is 0 Å². The zero-order valence-electron chi connectivity index (χ0n) is 9.85. The van der Waals surface area contributed by atoms with Crippen molar-refractivity contribution in [2.45, 2.75) is 19.8 Å². The molecule has 3 nitrogen and oxygen atoms in total. The summed E-state index contributed by atoms with van der Waals surface area (Å²) in [4.78, 5) is 4.26. The molecule has 1 heterocycles. The van der Waals surface area contributed by atoms with Crippen LogP contribution in [-0.4, -0.2) is 11.6 Å². The second kappa shape index (κ2) is 5.68. The number of hydrogen-bond donors (Lipinski definition) is 1. The van der Waals surface area contributed by atoms with E-state index in [1.807, 2.05) is 29.6 Å². The predicted molar refractivity (Wildman–Crippen MR) is 72.4 cm³/mol. The molecule has 90 valence electrons. The highest BCUT2D eigenvalue weighted by molar-refractivity contribution is 7.13. The monoisotopic (exact) mass is 248 g/mol. The molecule has 0 saturated heterocycles. The predicted octanol–water partition coefficient (Wildman–Crippen LogP) is 3.57. The number of anilines is 1. The summed E-state index contributed by atoms with van der Waals surface area (Å²) in [6.07, 6.45) is 2.22. The molecule has 0 amide bonds. The molecule has 1 aromatic carbocycles. The highest BCUT2D eigenvalue weighted by Crippen LogP contribution is 2.26. The lowest BCUT2D eigenvalue weighted by Crippen LogP contribution is -1.96. The first-order chi connectivity index (χ1) is 8.29. The maximum absolute atomic E-state index is 5.66. The molecule has 2 aromatic rings. The molecule has 1 aromatic heterocycles. The number of unbranched alkanes of at least 4 members (excludes halogenated alkanes) is 1. The Bertz CT molecular complexity index is 482. The Morgan fingerprint density at radius 2 is 2.29 bits per heavy atom. The Morgan fingerprint density at radius 1 is 1.41 bits per heavy atom. The molecule has 4 heteroatoms. The van der Waals surface area contributed by atoms with Gasteiger partial charge in [-0.2, -0.15) is 0 Å². The van der Waals surface area contributed by atoms with Crippen LogP contribution >= 0.6 is 11.3 Å². The van der Waals surface area contributed by atoms with Gasteiger partial charge in [-0.1, -0.05) is 25.5 Å². The third kappa shape index (κ3) is 3.20.